The van der Waals surface area contributed by atoms with Gasteiger partial charge in [-0.2, -0.15) is 0 Å². The van der Waals surface area contributed by atoms with E-state index in [0.29, 0.717) is 4.47 Å². The molecule has 1 aromatic carbocycles. The van der Waals surface area contributed by atoms with Gasteiger partial charge in [0.25, 0.3) is 0 Å². The minimum absolute atomic E-state index is 0.582. The van der Waals surface area contributed by atoms with E-state index < -0.39 is 0 Å². The highest BCUT2D eigenvalue weighted by Crippen LogP contribution is 2.23. The van der Waals surface area contributed by atoms with Gasteiger partial charge in [0.1, 0.15) is 0 Å². The summed E-state index contributed by atoms with van der Waals surface area (Å²) in [5.74, 6) is 0. The monoisotopic (exact) mass is 302 g/mol. The summed E-state index contributed by atoms with van der Waals surface area (Å²) >= 11 is 10.7. The number of aromatic nitrogens is 1. The molecule has 15 heavy (non-hydrogen) atoms. The predicted octanol–water partition coefficient (Wildman–Crippen LogP) is 4.17. The summed E-state index contributed by atoms with van der Waals surface area (Å²) in [6, 6.07) is 8.00. The van der Waals surface area contributed by atoms with Crippen molar-refractivity contribution in [2.75, 3.05) is 5.32 Å². The van der Waals surface area contributed by atoms with E-state index in [9.17, 15) is 0 Å². The van der Waals surface area contributed by atoms with Gasteiger partial charge in [0.05, 0.1) is 6.54 Å². The van der Waals surface area contributed by atoms with Crippen LogP contribution in [0.1, 0.15) is 4.88 Å². The van der Waals surface area contributed by atoms with Crippen molar-refractivity contribution in [3.63, 3.8) is 0 Å². The molecule has 0 saturated carbocycles. The van der Waals surface area contributed by atoms with Gasteiger partial charge in [0, 0.05) is 21.2 Å². The number of para-hydroxylation sites is 1. The summed E-state index contributed by atoms with van der Waals surface area (Å²) < 4.78 is 1.64. The van der Waals surface area contributed by atoms with Crippen molar-refractivity contribution in [2.45, 2.75) is 6.54 Å². The zero-order chi connectivity index (χ0) is 10.7. The number of halogens is 2. The van der Waals surface area contributed by atoms with Crippen molar-refractivity contribution in [1.29, 1.82) is 0 Å². The maximum absolute atomic E-state index is 5.74. The van der Waals surface area contributed by atoms with Crippen LogP contribution in [0.4, 0.5) is 5.69 Å². The first-order chi connectivity index (χ1) is 7.25. The molecule has 78 valence electrons. The van der Waals surface area contributed by atoms with Crippen molar-refractivity contribution < 1.29 is 0 Å². The molecule has 5 heteroatoms. The fraction of sp³-hybridized carbons (Fsp3) is 0.100. The Bertz CT molecular complexity index is 458. The highest BCUT2D eigenvalue weighted by Gasteiger charge is 2.01. The largest absolute Gasteiger partial charge is 0.379 e. The molecule has 0 radical (unpaired) electrons. The van der Waals surface area contributed by atoms with E-state index in [-0.39, 0.29) is 0 Å². The summed E-state index contributed by atoms with van der Waals surface area (Å²) in [4.78, 5) is 5.10. The molecular weight excluding hydrogens is 296 g/mol. The molecule has 2 rings (SSSR count). The van der Waals surface area contributed by atoms with Crippen LogP contribution in [-0.4, -0.2) is 4.98 Å². The number of nitrogens with zero attached hydrogens (tertiary/aromatic N) is 1. The SMILES string of the molecule is Clc1ncc(CNc2ccccc2Br)s1. The first-order valence-electron chi connectivity index (χ1n) is 4.34. The van der Waals surface area contributed by atoms with Gasteiger partial charge < -0.3 is 5.32 Å². The summed E-state index contributed by atoms with van der Waals surface area (Å²) in [5.41, 5.74) is 1.07. The molecule has 2 nitrogen and oxygen atoms in total. The van der Waals surface area contributed by atoms with Crippen molar-refractivity contribution in [2.24, 2.45) is 0 Å². The molecule has 1 heterocycles. The van der Waals surface area contributed by atoms with Gasteiger partial charge >= 0.3 is 0 Å². The molecule has 2 aromatic rings. The zero-order valence-corrected chi connectivity index (χ0v) is 10.9. The van der Waals surface area contributed by atoms with Gasteiger partial charge in [-0.3, -0.25) is 0 Å². The van der Waals surface area contributed by atoms with Crippen LogP contribution in [0.3, 0.4) is 0 Å². The van der Waals surface area contributed by atoms with E-state index in [1.165, 1.54) is 11.3 Å². The van der Waals surface area contributed by atoms with Crippen LogP contribution in [0.15, 0.2) is 34.9 Å². The predicted molar refractivity (Wildman–Crippen MR) is 68.6 cm³/mol. The van der Waals surface area contributed by atoms with Crippen molar-refractivity contribution >= 4 is 44.6 Å². The highest BCUT2D eigenvalue weighted by atomic mass is 79.9. The molecule has 0 aliphatic heterocycles. The summed E-state index contributed by atoms with van der Waals surface area (Å²) in [6.07, 6.45) is 1.79. The molecule has 1 N–H and O–H groups in total. The smallest absolute Gasteiger partial charge is 0.183 e. The molecule has 0 spiro atoms. The Balaban J connectivity index is 2.02. The van der Waals surface area contributed by atoms with Crippen LogP contribution >= 0.6 is 38.9 Å². The molecule has 1 aromatic heterocycles. The van der Waals surface area contributed by atoms with Crippen LogP contribution in [0, 0.1) is 0 Å². The van der Waals surface area contributed by atoms with E-state index in [1.807, 2.05) is 24.3 Å². The lowest BCUT2D eigenvalue weighted by molar-refractivity contribution is 1.17. The fourth-order valence-corrected chi connectivity index (χ4v) is 2.49. The Morgan fingerprint density at radius 2 is 2.20 bits per heavy atom. The first kappa shape index (κ1) is 10.9. The topological polar surface area (TPSA) is 24.9 Å². The molecule has 0 atom stereocenters. The van der Waals surface area contributed by atoms with Gasteiger partial charge in [0.2, 0.25) is 0 Å². The minimum Gasteiger partial charge on any atom is -0.379 e. The molecule has 0 aliphatic carbocycles. The zero-order valence-electron chi connectivity index (χ0n) is 7.71. The minimum atomic E-state index is 0.582. The second kappa shape index (κ2) is 4.96. The van der Waals surface area contributed by atoms with Crippen LogP contribution < -0.4 is 5.32 Å². The third-order valence-corrected chi connectivity index (χ3v) is 3.66. The van der Waals surface area contributed by atoms with Crippen LogP contribution in [0.5, 0.6) is 0 Å². The van der Waals surface area contributed by atoms with Crippen LogP contribution in [0.25, 0.3) is 0 Å². The Labute approximate surface area is 105 Å². The van der Waals surface area contributed by atoms with Crippen LogP contribution in [-0.2, 0) is 6.54 Å². The maximum Gasteiger partial charge on any atom is 0.183 e. The van der Waals surface area contributed by atoms with Gasteiger partial charge in [-0.25, -0.2) is 4.98 Å². The second-order valence-corrected chi connectivity index (χ2v) is 5.46. The van der Waals surface area contributed by atoms with Crippen LogP contribution in [0.2, 0.25) is 4.47 Å². The maximum atomic E-state index is 5.74. The van der Waals surface area contributed by atoms with Gasteiger partial charge in [-0.05, 0) is 28.1 Å². The second-order valence-electron chi connectivity index (χ2n) is 2.91. The highest BCUT2D eigenvalue weighted by molar-refractivity contribution is 9.10. The molecule has 0 saturated heterocycles. The number of benzene rings is 1. The standard InChI is InChI=1S/C10H8BrClN2S/c11-8-3-1-2-4-9(8)13-5-7-6-14-10(12)15-7/h1-4,6,13H,5H2. The molecule has 0 aliphatic rings. The van der Waals surface area contributed by atoms with Gasteiger partial charge in [0.15, 0.2) is 4.47 Å². The van der Waals surface area contributed by atoms with Crippen molar-refractivity contribution in [1.82, 2.24) is 4.98 Å². The Morgan fingerprint density at radius 1 is 1.40 bits per heavy atom. The van der Waals surface area contributed by atoms with E-state index in [1.54, 1.807) is 6.20 Å². The average molecular weight is 304 g/mol. The number of rotatable bonds is 3. The lowest BCUT2D eigenvalue weighted by Gasteiger charge is -2.05. The molecular formula is C10H8BrClN2S. The third kappa shape index (κ3) is 2.93. The Morgan fingerprint density at radius 3 is 2.87 bits per heavy atom. The third-order valence-electron chi connectivity index (χ3n) is 1.85. The summed E-state index contributed by atoms with van der Waals surface area (Å²) in [5, 5.41) is 3.31. The normalized spacial score (nSPS) is 10.3. The van der Waals surface area contributed by atoms with E-state index in [4.69, 9.17) is 11.6 Å². The summed E-state index contributed by atoms with van der Waals surface area (Å²) in [6.45, 7) is 0.743. The number of nitrogens with one attached hydrogen (secondary N) is 1. The molecule has 0 amide bonds. The van der Waals surface area contributed by atoms with E-state index in [2.05, 4.69) is 26.2 Å². The van der Waals surface area contributed by atoms with Crippen molar-refractivity contribution in [3.8, 4) is 0 Å². The Kier molecular flexibility index (Phi) is 3.61. The quantitative estimate of drug-likeness (QED) is 0.920. The van der Waals surface area contributed by atoms with Gasteiger partial charge in [-0.15, -0.1) is 11.3 Å². The van der Waals surface area contributed by atoms with Gasteiger partial charge in [-0.1, -0.05) is 23.7 Å². The molecule has 0 fully saturated rings. The average Bonchev–Trinajstić information content (AvgIpc) is 2.63. The molecule has 0 unspecified atom stereocenters. The number of anilines is 1. The Hall–Kier alpha value is -0.580. The molecule has 0 bridgehead atoms. The number of hydrogen-bond donors (Lipinski definition) is 1. The van der Waals surface area contributed by atoms with E-state index >= 15 is 0 Å². The lowest BCUT2D eigenvalue weighted by Crippen LogP contribution is -1.97. The fourth-order valence-electron chi connectivity index (χ4n) is 1.15. The van der Waals surface area contributed by atoms with E-state index in [0.717, 1.165) is 21.6 Å². The summed E-state index contributed by atoms with van der Waals surface area (Å²) in [7, 11) is 0. The number of hydrogen-bond acceptors (Lipinski definition) is 3. The first-order valence-corrected chi connectivity index (χ1v) is 6.33. The van der Waals surface area contributed by atoms with Crippen molar-refractivity contribution in [3.05, 3.63) is 44.3 Å². The number of thiazole rings is 1. The lowest BCUT2D eigenvalue weighted by atomic mass is 10.3.